The van der Waals surface area contributed by atoms with Gasteiger partial charge in [-0.25, -0.2) is 0 Å². The maximum atomic E-state index is 11.7. The van der Waals surface area contributed by atoms with Gasteiger partial charge in [-0.3, -0.25) is 4.79 Å². The van der Waals surface area contributed by atoms with Crippen LogP contribution in [0.1, 0.15) is 51.0 Å². The maximum Gasteiger partial charge on any atom is 0.222 e. The highest BCUT2D eigenvalue weighted by Gasteiger charge is 2.26. The van der Waals surface area contributed by atoms with E-state index in [2.05, 4.69) is 49.1 Å². The van der Waals surface area contributed by atoms with Crippen LogP contribution in [0.15, 0.2) is 30.3 Å². The lowest BCUT2D eigenvalue weighted by Gasteiger charge is -2.28. The normalized spacial score (nSPS) is 19.0. The van der Waals surface area contributed by atoms with Gasteiger partial charge in [0.2, 0.25) is 5.91 Å². The summed E-state index contributed by atoms with van der Waals surface area (Å²) < 4.78 is 0. The van der Waals surface area contributed by atoms with Crippen LogP contribution in [0.3, 0.4) is 0 Å². The molecule has 1 aromatic carbocycles. The zero-order chi connectivity index (χ0) is 13.0. The number of nitrogens with zero attached hydrogens (tertiary/aromatic N) is 1. The van der Waals surface area contributed by atoms with Gasteiger partial charge in [-0.15, -0.1) is 0 Å². The number of likely N-dealkylation sites (tertiary alicyclic amines) is 1. The zero-order valence-corrected chi connectivity index (χ0v) is 11.4. The van der Waals surface area contributed by atoms with Gasteiger partial charge in [0.05, 0.1) is 0 Å². The van der Waals surface area contributed by atoms with Gasteiger partial charge in [0.15, 0.2) is 0 Å². The highest BCUT2D eigenvalue weighted by molar-refractivity contribution is 5.78. The second-order valence-corrected chi connectivity index (χ2v) is 5.29. The molecular weight excluding hydrogens is 222 g/mol. The Bertz CT molecular complexity index is 387. The molecule has 0 N–H and O–H groups in total. The van der Waals surface area contributed by atoms with E-state index in [0.717, 1.165) is 32.2 Å². The summed E-state index contributed by atoms with van der Waals surface area (Å²) in [4.78, 5) is 13.8. The van der Waals surface area contributed by atoms with Gasteiger partial charge in [-0.05, 0) is 37.7 Å². The van der Waals surface area contributed by atoms with E-state index in [1.807, 2.05) is 0 Å². The lowest BCUT2D eigenvalue weighted by atomic mass is 9.90. The van der Waals surface area contributed by atoms with Gasteiger partial charge in [0.25, 0.3) is 0 Å². The minimum absolute atomic E-state index is 0.338. The quantitative estimate of drug-likeness (QED) is 0.776. The molecule has 2 nitrogen and oxygen atoms in total. The van der Waals surface area contributed by atoms with E-state index < -0.39 is 0 Å². The third kappa shape index (κ3) is 2.92. The minimum atomic E-state index is 0.338. The Hall–Kier alpha value is -1.31. The van der Waals surface area contributed by atoms with Crippen LogP contribution in [-0.4, -0.2) is 23.4 Å². The first-order valence-electron chi connectivity index (χ1n) is 7.06. The third-order valence-corrected chi connectivity index (χ3v) is 4.03. The number of benzene rings is 1. The van der Waals surface area contributed by atoms with Crippen molar-refractivity contribution in [2.75, 3.05) is 6.54 Å². The molecule has 1 fully saturated rings. The van der Waals surface area contributed by atoms with Gasteiger partial charge in [-0.2, -0.15) is 0 Å². The largest absolute Gasteiger partial charge is 0.340 e. The van der Waals surface area contributed by atoms with Crippen molar-refractivity contribution in [1.82, 2.24) is 4.90 Å². The van der Waals surface area contributed by atoms with Crippen molar-refractivity contribution in [2.24, 2.45) is 0 Å². The molecular formula is C16H23NO. The maximum absolute atomic E-state index is 11.7. The van der Waals surface area contributed by atoms with Gasteiger partial charge < -0.3 is 4.90 Å². The van der Waals surface area contributed by atoms with Crippen molar-refractivity contribution < 1.29 is 4.79 Å². The van der Waals surface area contributed by atoms with E-state index in [1.54, 1.807) is 0 Å². The monoisotopic (exact) mass is 245 g/mol. The molecule has 2 rings (SSSR count). The molecule has 2 heteroatoms. The summed E-state index contributed by atoms with van der Waals surface area (Å²) in [6, 6.07) is 11.0. The average molecular weight is 245 g/mol. The SMILES string of the molecule is CCC(CC(C)N1CCCC1=O)c1ccccc1. The minimum Gasteiger partial charge on any atom is -0.340 e. The van der Waals surface area contributed by atoms with E-state index in [4.69, 9.17) is 0 Å². The van der Waals surface area contributed by atoms with Gasteiger partial charge >= 0.3 is 0 Å². The highest BCUT2D eigenvalue weighted by Crippen LogP contribution is 2.27. The number of amides is 1. The molecule has 0 spiro atoms. The van der Waals surface area contributed by atoms with Crippen molar-refractivity contribution in [1.29, 1.82) is 0 Å². The van der Waals surface area contributed by atoms with Crippen LogP contribution in [-0.2, 0) is 4.79 Å². The van der Waals surface area contributed by atoms with Crippen molar-refractivity contribution in [2.45, 2.75) is 51.5 Å². The predicted octanol–water partition coefficient (Wildman–Crippen LogP) is 3.58. The first-order valence-corrected chi connectivity index (χ1v) is 7.06. The number of hydrogen-bond acceptors (Lipinski definition) is 1. The van der Waals surface area contributed by atoms with E-state index >= 15 is 0 Å². The topological polar surface area (TPSA) is 20.3 Å². The van der Waals surface area contributed by atoms with Crippen LogP contribution < -0.4 is 0 Å². The fourth-order valence-electron chi connectivity index (χ4n) is 2.94. The van der Waals surface area contributed by atoms with Crippen LogP contribution >= 0.6 is 0 Å². The van der Waals surface area contributed by atoms with Gasteiger partial charge in [0.1, 0.15) is 0 Å². The Morgan fingerprint density at radius 2 is 2.00 bits per heavy atom. The lowest BCUT2D eigenvalue weighted by molar-refractivity contribution is -0.129. The highest BCUT2D eigenvalue weighted by atomic mass is 16.2. The molecule has 0 aliphatic carbocycles. The first kappa shape index (κ1) is 13.1. The first-order chi connectivity index (χ1) is 8.72. The molecule has 2 atom stereocenters. The van der Waals surface area contributed by atoms with Gasteiger partial charge in [-0.1, -0.05) is 37.3 Å². The number of hydrogen-bond donors (Lipinski definition) is 0. The molecule has 1 aliphatic rings. The molecule has 0 radical (unpaired) electrons. The van der Waals surface area contributed by atoms with Crippen molar-refractivity contribution in [3.8, 4) is 0 Å². The van der Waals surface area contributed by atoms with Crippen molar-refractivity contribution >= 4 is 5.91 Å². The summed E-state index contributed by atoms with van der Waals surface area (Å²) in [5.74, 6) is 0.903. The van der Waals surface area contributed by atoms with E-state index in [9.17, 15) is 4.79 Å². The molecule has 0 bridgehead atoms. The van der Waals surface area contributed by atoms with Gasteiger partial charge in [0, 0.05) is 19.0 Å². The van der Waals surface area contributed by atoms with E-state index in [0.29, 0.717) is 17.9 Å². The van der Waals surface area contributed by atoms with E-state index in [1.165, 1.54) is 5.56 Å². The molecule has 18 heavy (non-hydrogen) atoms. The van der Waals surface area contributed by atoms with Crippen LogP contribution in [0.25, 0.3) is 0 Å². The molecule has 0 aromatic heterocycles. The average Bonchev–Trinajstić information content (AvgIpc) is 2.83. The van der Waals surface area contributed by atoms with Crippen LogP contribution in [0, 0.1) is 0 Å². The molecule has 1 aliphatic heterocycles. The van der Waals surface area contributed by atoms with Crippen LogP contribution in [0.4, 0.5) is 0 Å². The van der Waals surface area contributed by atoms with Crippen molar-refractivity contribution in [3.63, 3.8) is 0 Å². The second kappa shape index (κ2) is 6.03. The van der Waals surface area contributed by atoms with Crippen molar-refractivity contribution in [3.05, 3.63) is 35.9 Å². The number of carbonyl (C=O) groups is 1. The molecule has 1 amide bonds. The Kier molecular flexibility index (Phi) is 4.40. The third-order valence-electron chi connectivity index (χ3n) is 4.03. The summed E-state index contributed by atoms with van der Waals surface area (Å²) in [6.07, 6.45) is 3.99. The lowest BCUT2D eigenvalue weighted by Crippen LogP contribution is -2.35. The Labute approximate surface area is 110 Å². The standard InChI is InChI=1S/C16H23NO/c1-3-14(15-8-5-4-6-9-15)12-13(2)17-11-7-10-16(17)18/h4-6,8-9,13-14H,3,7,10-12H2,1-2H3. The molecule has 0 saturated carbocycles. The predicted molar refractivity (Wildman–Crippen MR) is 74.5 cm³/mol. The zero-order valence-electron chi connectivity index (χ0n) is 11.4. The molecule has 2 unspecified atom stereocenters. The Balaban J connectivity index is 2.00. The van der Waals surface area contributed by atoms with E-state index in [-0.39, 0.29) is 0 Å². The Morgan fingerprint density at radius 3 is 2.56 bits per heavy atom. The summed E-state index contributed by atoms with van der Waals surface area (Å²) >= 11 is 0. The van der Waals surface area contributed by atoms with Crippen LogP contribution in [0.2, 0.25) is 0 Å². The fourth-order valence-corrected chi connectivity index (χ4v) is 2.94. The number of rotatable bonds is 5. The molecule has 1 saturated heterocycles. The number of carbonyl (C=O) groups excluding carboxylic acids is 1. The van der Waals surface area contributed by atoms with Crippen LogP contribution in [0.5, 0.6) is 0 Å². The Morgan fingerprint density at radius 1 is 1.28 bits per heavy atom. The molecule has 1 heterocycles. The molecule has 1 aromatic rings. The summed E-state index contributed by atoms with van der Waals surface area (Å²) in [7, 11) is 0. The summed E-state index contributed by atoms with van der Waals surface area (Å²) in [6.45, 7) is 5.37. The summed E-state index contributed by atoms with van der Waals surface area (Å²) in [5.41, 5.74) is 1.40. The summed E-state index contributed by atoms with van der Waals surface area (Å²) in [5, 5.41) is 0. The fraction of sp³-hybridized carbons (Fsp3) is 0.562. The second-order valence-electron chi connectivity index (χ2n) is 5.29. The smallest absolute Gasteiger partial charge is 0.222 e. The molecule has 98 valence electrons.